The van der Waals surface area contributed by atoms with Crippen LogP contribution in [0.3, 0.4) is 0 Å². The van der Waals surface area contributed by atoms with E-state index in [-0.39, 0.29) is 6.10 Å². The number of hydrogen-bond acceptors (Lipinski definition) is 4. The van der Waals surface area contributed by atoms with E-state index in [0.717, 1.165) is 18.4 Å². The van der Waals surface area contributed by atoms with Crippen LogP contribution in [-0.2, 0) is 20.8 Å². The molecule has 0 amide bonds. The number of ether oxygens (including phenoxy) is 3. The second kappa shape index (κ2) is 8.26. The minimum absolute atomic E-state index is 0.00310. The van der Waals surface area contributed by atoms with E-state index in [4.69, 9.17) is 14.2 Å². The van der Waals surface area contributed by atoms with Crippen molar-refractivity contribution in [3.63, 3.8) is 0 Å². The molecule has 134 valence electrons. The highest BCUT2D eigenvalue weighted by atomic mass is 16.7. The largest absolute Gasteiger partial charge is 0.387 e. The lowest BCUT2D eigenvalue weighted by Gasteiger charge is -2.51. The molecule has 0 aliphatic carbocycles. The van der Waals surface area contributed by atoms with E-state index < -0.39 is 17.3 Å². The topological polar surface area (TPSA) is 47.9 Å². The summed E-state index contributed by atoms with van der Waals surface area (Å²) in [7, 11) is 1.59. The molecule has 0 aromatic heterocycles. The summed E-state index contributed by atoms with van der Waals surface area (Å²) >= 11 is 0. The normalized spacial score (nSPS) is 27.8. The summed E-state index contributed by atoms with van der Waals surface area (Å²) in [4.78, 5) is 0. The van der Waals surface area contributed by atoms with Gasteiger partial charge in [-0.1, -0.05) is 50.3 Å². The van der Waals surface area contributed by atoms with Crippen LogP contribution in [0.15, 0.2) is 43.0 Å². The van der Waals surface area contributed by atoms with Gasteiger partial charge in [-0.15, -0.1) is 6.58 Å². The third kappa shape index (κ3) is 4.06. The van der Waals surface area contributed by atoms with Crippen LogP contribution in [0.4, 0.5) is 0 Å². The van der Waals surface area contributed by atoms with E-state index in [1.165, 1.54) is 0 Å². The van der Waals surface area contributed by atoms with Crippen molar-refractivity contribution in [1.29, 1.82) is 0 Å². The molecular formula is C20H30O4. The average Bonchev–Trinajstić information content (AvgIpc) is 2.60. The zero-order valence-corrected chi connectivity index (χ0v) is 15.0. The third-order valence-corrected chi connectivity index (χ3v) is 4.95. The van der Waals surface area contributed by atoms with Gasteiger partial charge in [-0.05, 0) is 24.8 Å². The second-order valence-corrected chi connectivity index (χ2v) is 6.96. The fourth-order valence-electron chi connectivity index (χ4n) is 3.27. The Balaban J connectivity index is 1.89. The third-order valence-electron chi connectivity index (χ3n) is 4.95. The van der Waals surface area contributed by atoms with Crippen molar-refractivity contribution in [3.05, 3.63) is 48.6 Å². The van der Waals surface area contributed by atoms with Crippen LogP contribution < -0.4 is 0 Å². The molecule has 0 spiro atoms. The molecule has 1 N–H and O–H groups in total. The molecule has 1 aliphatic rings. The van der Waals surface area contributed by atoms with E-state index >= 15 is 0 Å². The molecule has 1 fully saturated rings. The molecule has 0 saturated carbocycles. The Bertz CT molecular complexity index is 514. The van der Waals surface area contributed by atoms with Gasteiger partial charge in [0.15, 0.2) is 0 Å². The summed E-state index contributed by atoms with van der Waals surface area (Å²) in [5.74, 6) is -1.06. The summed E-state index contributed by atoms with van der Waals surface area (Å²) in [5, 5.41) is 10.5. The quantitative estimate of drug-likeness (QED) is 0.582. The molecule has 4 nitrogen and oxygen atoms in total. The van der Waals surface area contributed by atoms with Crippen LogP contribution in [0.25, 0.3) is 0 Å². The van der Waals surface area contributed by atoms with E-state index in [1.54, 1.807) is 13.2 Å². The van der Waals surface area contributed by atoms with Gasteiger partial charge < -0.3 is 19.3 Å². The summed E-state index contributed by atoms with van der Waals surface area (Å²) in [6, 6.07) is 10.1. The lowest BCUT2D eigenvalue weighted by Crippen LogP contribution is -2.60. The van der Waals surface area contributed by atoms with Gasteiger partial charge in [0.1, 0.15) is 6.10 Å². The van der Waals surface area contributed by atoms with Gasteiger partial charge in [-0.25, -0.2) is 0 Å². The predicted octanol–water partition coefficient (Wildman–Crippen LogP) is 3.69. The molecule has 1 heterocycles. The van der Waals surface area contributed by atoms with Crippen molar-refractivity contribution in [3.8, 4) is 0 Å². The molecule has 1 aromatic carbocycles. The number of hydrogen-bond donors (Lipinski definition) is 1. The molecule has 1 unspecified atom stereocenters. The standard InChI is InChI=1S/C20H30O4/c1-5-19(2,3)20(22-4)18(21)12-11-17(24-20)13-14-23-15-16-9-7-6-8-10-16/h5-10,17-18,21H,1,11-15H2,2-4H3/t17-,18?,20+/m0/s1. The smallest absolute Gasteiger partial charge is 0.203 e. The molecule has 1 saturated heterocycles. The van der Waals surface area contributed by atoms with E-state index in [2.05, 4.69) is 18.7 Å². The molecule has 1 aromatic rings. The van der Waals surface area contributed by atoms with Crippen molar-refractivity contribution in [1.82, 2.24) is 0 Å². The van der Waals surface area contributed by atoms with Crippen LogP contribution in [-0.4, -0.2) is 36.8 Å². The van der Waals surface area contributed by atoms with Gasteiger partial charge in [0.2, 0.25) is 5.79 Å². The minimum Gasteiger partial charge on any atom is -0.387 e. The Morgan fingerprint density at radius 1 is 1.33 bits per heavy atom. The lowest BCUT2D eigenvalue weighted by molar-refractivity contribution is -0.348. The van der Waals surface area contributed by atoms with E-state index in [0.29, 0.717) is 19.6 Å². The highest BCUT2D eigenvalue weighted by molar-refractivity contribution is 5.13. The Morgan fingerprint density at radius 2 is 2.04 bits per heavy atom. The lowest BCUT2D eigenvalue weighted by atomic mass is 9.76. The van der Waals surface area contributed by atoms with Crippen molar-refractivity contribution in [2.75, 3.05) is 13.7 Å². The van der Waals surface area contributed by atoms with E-state index in [1.807, 2.05) is 32.0 Å². The Hall–Kier alpha value is -1.20. The fraction of sp³-hybridized carbons (Fsp3) is 0.600. The van der Waals surface area contributed by atoms with Crippen LogP contribution >= 0.6 is 0 Å². The summed E-state index contributed by atoms with van der Waals surface area (Å²) in [6.45, 7) is 9.04. The average molecular weight is 334 g/mol. The Labute approximate surface area is 145 Å². The van der Waals surface area contributed by atoms with Crippen LogP contribution in [0.2, 0.25) is 0 Å². The minimum atomic E-state index is -1.06. The molecule has 4 heteroatoms. The first-order valence-corrected chi connectivity index (χ1v) is 8.61. The van der Waals surface area contributed by atoms with Crippen LogP contribution in [0.5, 0.6) is 0 Å². The first kappa shape index (κ1) is 19.1. The summed E-state index contributed by atoms with van der Waals surface area (Å²) in [6.07, 6.45) is 3.34. The highest BCUT2D eigenvalue weighted by Gasteiger charge is 2.54. The van der Waals surface area contributed by atoms with Gasteiger partial charge in [0, 0.05) is 19.1 Å². The van der Waals surface area contributed by atoms with Gasteiger partial charge >= 0.3 is 0 Å². The molecule has 2 rings (SSSR count). The molecule has 3 atom stereocenters. The molecule has 1 aliphatic heterocycles. The van der Waals surface area contributed by atoms with E-state index in [9.17, 15) is 5.11 Å². The number of benzene rings is 1. The first-order valence-electron chi connectivity index (χ1n) is 8.61. The first-order chi connectivity index (χ1) is 11.4. The maximum absolute atomic E-state index is 10.5. The second-order valence-electron chi connectivity index (χ2n) is 6.96. The van der Waals surface area contributed by atoms with Crippen molar-refractivity contribution < 1.29 is 19.3 Å². The Morgan fingerprint density at radius 3 is 2.67 bits per heavy atom. The van der Waals surface area contributed by atoms with Gasteiger partial charge in [-0.3, -0.25) is 0 Å². The van der Waals surface area contributed by atoms with Crippen molar-refractivity contribution >= 4 is 0 Å². The summed E-state index contributed by atoms with van der Waals surface area (Å²) in [5.41, 5.74) is 0.668. The van der Waals surface area contributed by atoms with Crippen LogP contribution in [0.1, 0.15) is 38.7 Å². The molecule has 24 heavy (non-hydrogen) atoms. The predicted molar refractivity (Wildman–Crippen MR) is 94.5 cm³/mol. The van der Waals surface area contributed by atoms with Crippen molar-refractivity contribution in [2.45, 2.75) is 57.7 Å². The molecule has 0 bridgehead atoms. The van der Waals surface area contributed by atoms with Crippen LogP contribution in [0, 0.1) is 5.41 Å². The number of methoxy groups -OCH3 is 1. The number of aliphatic hydroxyl groups excluding tert-OH is 1. The zero-order valence-electron chi connectivity index (χ0n) is 15.0. The number of aliphatic hydroxyl groups is 1. The van der Waals surface area contributed by atoms with Gasteiger partial charge in [0.05, 0.1) is 12.7 Å². The zero-order chi connectivity index (χ0) is 17.6. The van der Waals surface area contributed by atoms with Gasteiger partial charge in [-0.2, -0.15) is 0 Å². The van der Waals surface area contributed by atoms with Gasteiger partial charge in [0.25, 0.3) is 0 Å². The molecule has 0 radical (unpaired) electrons. The highest BCUT2D eigenvalue weighted by Crippen LogP contribution is 2.44. The monoisotopic (exact) mass is 334 g/mol. The maximum atomic E-state index is 10.5. The fourth-order valence-corrected chi connectivity index (χ4v) is 3.27. The number of rotatable bonds is 8. The summed E-state index contributed by atoms with van der Waals surface area (Å²) < 4.78 is 17.6. The van der Waals surface area contributed by atoms with Crippen molar-refractivity contribution in [2.24, 2.45) is 5.41 Å². The maximum Gasteiger partial charge on any atom is 0.203 e. The molecular weight excluding hydrogens is 304 g/mol. The SMILES string of the molecule is C=CC(C)(C)[C@]1(OC)O[C@H](CCOCc2ccccc2)CCC1O. The Kier molecular flexibility index (Phi) is 6.58.